The topological polar surface area (TPSA) is 60.7 Å². The normalized spacial score (nSPS) is 11.7. The first-order chi connectivity index (χ1) is 12.5. The van der Waals surface area contributed by atoms with Crippen LogP contribution >= 0.6 is 34.5 Å². The number of nitrogens with zero attached hydrogens (tertiary/aromatic N) is 2. The van der Waals surface area contributed by atoms with Gasteiger partial charge in [0, 0.05) is 5.56 Å². The van der Waals surface area contributed by atoms with Gasteiger partial charge in [-0.05, 0) is 31.2 Å². The molecule has 1 amide bonds. The van der Waals surface area contributed by atoms with Gasteiger partial charge in [-0.3, -0.25) is 9.59 Å². The summed E-state index contributed by atoms with van der Waals surface area (Å²) in [7, 11) is 0. The lowest BCUT2D eigenvalue weighted by atomic mass is 10.2. The van der Waals surface area contributed by atoms with Gasteiger partial charge in [0.25, 0.3) is 5.91 Å². The molecule has 0 saturated carbocycles. The molecular weight excluding hydrogens is 395 g/mol. The first-order valence-electron chi connectivity index (χ1n) is 7.78. The fourth-order valence-electron chi connectivity index (χ4n) is 2.40. The predicted octanol–water partition coefficient (Wildman–Crippen LogP) is 4.31. The number of fused-ring (bicyclic) bond motifs is 1. The van der Waals surface area contributed by atoms with Crippen LogP contribution in [0.2, 0.25) is 10.0 Å². The summed E-state index contributed by atoms with van der Waals surface area (Å²) in [6, 6.07) is 12.1. The van der Waals surface area contributed by atoms with Crippen molar-refractivity contribution in [1.29, 1.82) is 0 Å². The van der Waals surface area contributed by atoms with E-state index in [1.54, 1.807) is 47.9 Å². The van der Waals surface area contributed by atoms with Crippen LogP contribution < -0.4 is 4.80 Å². The Morgan fingerprint density at radius 2 is 1.88 bits per heavy atom. The Hall–Kier alpha value is -2.15. The molecule has 1 aromatic heterocycles. The summed E-state index contributed by atoms with van der Waals surface area (Å²) in [4.78, 5) is 29.0. The molecule has 8 heteroatoms. The summed E-state index contributed by atoms with van der Waals surface area (Å²) in [6.07, 6.45) is 0. The molecule has 0 bridgehead atoms. The van der Waals surface area contributed by atoms with Gasteiger partial charge in [-0.25, -0.2) is 0 Å². The minimum absolute atomic E-state index is 0.116. The standard InChI is InChI=1S/C18H14Cl2N2O3S/c1-2-25-14(23)10-22-16-13(9-8-12(19)15(16)20)26-18(22)21-17(24)11-6-4-3-5-7-11/h3-9H,2,10H2,1H3. The van der Waals surface area contributed by atoms with E-state index in [0.717, 1.165) is 4.70 Å². The maximum absolute atomic E-state index is 12.5. The van der Waals surface area contributed by atoms with Crippen LogP contribution in [0.4, 0.5) is 0 Å². The smallest absolute Gasteiger partial charge is 0.326 e. The summed E-state index contributed by atoms with van der Waals surface area (Å²) in [6.45, 7) is 1.86. The maximum atomic E-state index is 12.5. The Morgan fingerprint density at radius 3 is 2.58 bits per heavy atom. The SMILES string of the molecule is CCOC(=O)Cn1c(=NC(=O)c2ccccc2)sc2ccc(Cl)c(Cl)c21. The Bertz CT molecular complexity index is 1040. The van der Waals surface area contributed by atoms with Crippen molar-refractivity contribution in [2.24, 2.45) is 4.99 Å². The first kappa shape index (κ1) is 18.6. The lowest BCUT2D eigenvalue weighted by Crippen LogP contribution is -2.23. The number of carbonyl (C=O) groups excluding carboxylic acids is 2. The summed E-state index contributed by atoms with van der Waals surface area (Å²) in [5.74, 6) is -0.853. The molecule has 0 aliphatic carbocycles. The molecule has 0 unspecified atom stereocenters. The van der Waals surface area contributed by atoms with Gasteiger partial charge in [0.2, 0.25) is 0 Å². The molecule has 2 aromatic carbocycles. The van der Waals surface area contributed by atoms with Gasteiger partial charge in [-0.1, -0.05) is 52.7 Å². The van der Waals surface area contributed by atoms with Gasteiger partial charge in [0.05, 0.1) is 26.9 Å². The number of hydrogen-bond donors (Lipinski definition) is 0. The molecule has 0 radical (unpaired) electrons. The average molecular weight is 409 g/mol. The van der Waals surface area contributed by atoms with Crippen LogP contribution in [0, 0.1) is 0 Å². The fraction of sp³-hybridized carbons (Fsp3) is 0.167. The van der Waals surface area contributed by atoms with E-state index in [1.165, 1.54) is 11.3 Å². The minimum Gasteiger partial charge on any atom is -0.465 e. The molecule has 0 aliphatic heterocycles. The van der Waals surface area contributed by atoms with Crippen LogP contribution in [0.3, 0.4) is 0 Å². The monoisotopic (exact) mass is 408 g/mol. The molecule has 0 saturated heterocycles. The number of amides is 1. The van der Waals surface area contributed by atoms with Crippen LogP contribution in [-0.4, -0.2) is 23.1 Å². The molecule has 0 fully saturated rings. The largest absolute Gasteiger partial charge is 0.465 e. The Labute approximate surface area is 163 Å². The fourth-order valence-corrected chi connectivity index (χ4v) is 3.91. The zero-order valence-corrected chi connectivity index (χ0v) is 16.1. The molecule has 134 valence electrons. The van der Waals surface area contributed by atoms with Crippen molar-refractivity contribution >= 4 is 56.6 Å². The van der Waals surface area contributed by atoms with E-state index < -0.39 is 11.9 Å². The summed E-state index contributed by atoms with van der Waals surface area (Å²) in [5, 5.41) is 0.661. The van der Waals surface area contributed by atoms with Gasteiger partial charge in [-0.15, -0.1) is 0 Å². The van der Waals surface area contributed by atoms with Crippen molar-refractivity contribution in [3.05, 3.63) is 62.9 Å². The quantitative estimate of drug-likeness (QED) is 0.604. The molecule has 1 heterocycles. The first-order valence-corrected chi connectivity index (χ1v) is 9.35. The van der Waals surface area contributed by atoms with Crippen LogP contribution in [0.15, 0.2) is 47.5 Å². The van der Waals surface area contributed by atoms with Gasteiger partial charge in [-0.2, -0.15) is 4.99 Å². The second-order valence-electron chi connectivity index (χ2n) is 5.27. The third-order valence-corrected chi connectivity index (χ3v) is 5.38. The zero-order valence-electron chi connectivity index (χ0n) is 13.7. The van der Waals surface area contributed by atoms with Crippen molar-refractivity contribution in [1.82, 2.24) is 4.57 Å². The van der Waals surface area contributed by atoms with Crippen molar-refractivity contribution in [2.75, 3.05) is 6.61 Å². The van der Waals surface area contributed by atoms with E-state index in [2.05, 4.69) is 4.99 Å². The zero-order chi connectivity index (χ0) is 18.7. The number of halogens is 2. The van der Waals surface area contributed by atoms with E-state index in [4.69, 9.17) is 27.9 Å². The van der Waals surface area contributed by atoms with Crippen molar-refractivity contribution in [2.45, 2.75) is 13.5 Å². The molecular formula is C18H14Cl2N2O3S. The van der Waals surface area contributed by atoms with Crippen LogP contribution in [0.1, 0.15) is 17.3 Å². The predicted molar refractivity (Wildman–Crippen MR) is 103 cm³/mol. The summed E-state index contributed by atoms with van der Waals surface area (Å²) >= 11 is 13.7. The van der Waals surface area contributed by atoms with Crippen LogP contribution in [-0.2, 0) is 16.1 Å². The number of benzene rings is 2. The Kier molecular flexibility index (Phi) is 5.76. The molecule has 26 heavy (non-hydrogen) atoms. The third kappa shape index (κ3) is 3.82. The molecule has 5 nitrogen and oxygen atoms in total. The number of hydrogen-bond acceptors (Lipinski definition) is 4. The van der Waals surface area contributed by atoms with Crippen molar-refractivity contribution in [3.8, 4) is 0 Å². The Morgan fingerprint density at radius 1 is 1.15 bits per heavy atom. The average Bonchev–Trinajstić information content (AvgIpc) is 2.97. The van der Waals surface area contributed by atoms with Gasteiger partial charge >= 0.3 is 5.97 Å². The highest BCUT2D eigenvalue weighted by molar-refractivity contribution is 7.16. The van der Waals surface area contributed by atoms with Crippen LogP contribution in [0.25, 0.3) is 10.2 Å². The second kappa shape index (κ2) is 8.03. The summed E-state index contributed by atoms with van der Waals surface area (Å²) in [5.41, 5.74) is 1.01. The third-order valence-electron chi connectivity index (χ3n) is 3.54. The van der Waals surface area contributed by atoms with E-state index in [9.17, 15) is 9.59 Å². The maximum Gasteiger partial charge on any atom is 0.326 e. The molecule has 3 rings (SSSR count). The second-order valence-corrected chi connectivity index (χ2v) is 7.06. The molecule has 0 spiro atoms. The number of esters is 1. The number of carbonyl (C=O) groups is 2. The molecule has 0 atom stereocenters. The highest BCUT2D eigenvalue weighted by Gasteiger charge is 2.16. The van der Waals surface area contributed by atoms with E-state index in [1.807, 2.05) is 6.07 Å². The Balaban J connectivity index is 2.18. The van der Waals surface area contributed by atoms with Crippen molar-refractivity contribution in [3.63, 3.8) is 0 Å². The molecule has 0 aliphatic rings. The number of aromatic nitrogens is 1. The van der Waals surface area contributed by atoms with E-state index in [0.29, 0.717) is 25.9 Å². The number of ether oxygens (including phenoxy) is 1. The van der Waals surface area contributed by atoms with Gasteiger partial charge in [0.1, 0.15) is 6.54 Å². The highest BCUT2D eigenvalue weighted by Crippen LogP contribution is 2.32. The lowest BCUT2D eigenvalue weighted by molar-refractivity contribution is -0.143. The van der Waals surface area contributed by atoms with Crippen LogP contribution in [0.5, 0.6) is 0 Å². The number of rotatable bonds is 4. The highest BCUT2D eigenvalue weighted by atomic mass is 35.5. The minimum atomic E-state index is -0.447. The molecule has 3 aromatic rings. The van der Waals surface area contributed by atoms with Crippen molar-refractivity contribution < 1.29 is 14.3 Å². The molecule has 0 N–H and O–H groups in total. The lowest BCUT2D eigenvalue weighted by Gasteiger charge is -2.07. The number of thiazole rings is 1. The van der Waals surface area contributed by atoms with Gasteiger partial charge < -0.3 is 9.30 Å². The van der Waals surface area contributed by atoms with E-state index in [-0.39, 0.29) is 13.2 Å². The van der Waals surface area contributed by atoms with E-state index >= 15 is 0 Å². The van der Waals surface area contributed by atoms with Gasteiger partial charge in [0.15, 0.2) is 4.80 Å². The summed E-state index contributed by atoms with van der Waals surface area (Å²) < 4.78 is 7.35.